The summed E-state index contributed by atoms with van der Waals surface area (Å²) in [4.78, 5) is 29.5. The molecule has 1 aliphatic heterocycles. The topological polar surface area (TPSA) is 67.2 Å². The molecule has 0 spiro atoms. The molecule has 1 N–H and O–H groups in total. The zero-order valence-corrected chi connectivity index (χ0v) is 12.2. The van der Waals surface area contributed by atoms with Gasteiger partial charge in [0, 0.05) is 12.4 Å². The molecule has 2 heterocycles. The number of hydrogen-bond donors (Lipinski definition) is 1. The van der Waals surface area contributed by atoms with Gasteiger partial charge in [0.1, 0.15) is 11.4 Å². The van der Waals surface area contributed by atoms with Crippen LogP contribution < -0.4 is 5.32 Å². The minimum Gasteiger partial charge on any atom is -0.319 e. The van der Waals surface area contributed by atoms with Crippen LogP contribution in [0.25, 0.3) is 0 Å². The molecule has 8 heteroatoms. The summed E-state index contributed by atoms with van der Waals surface area (Å²) < 4.78 is 26.4. The highest BCUT2D eigenvalue weighted by molar-refractivity contribution is 6.07. The van der Waals surface area contributed by atoms with Crippen molar-refractivity contribution in [2.45, 2.75) is 25.6 Å². The van der Waals surface area contributed by atoms with Gasteiger partial charge in [-0.2, -0.15) is 8.78 Å². The van der Waals surface area contributed by atoms with Crippen LogP contribution in [0.5, 0.6) is 0 Å². The Hall–Kier alpha value is -2.77. The summed E-state index contributed by atoms with van der Waals surface area (Å²) in [6, 6.07) is 8.12. The van der Waals surface area contributed by atoms with Gasteiger partial charge >= 0.3 is 12.6 Å². The van der Waals surface area contributed by atoms with Crippen molar-refractivity contribution in [3.63, 3.8) is 0 Å². The third-order valence-electron chi connectivity index (χ3n) is 3.88. The average Bonchev–Trinajstić information content (AvgIpc) is 3.08. The second kappa shape index (κ2) is 5.45. The minimum atomic E-state index is -2.78. The Balaban J connectivity index is 1.89. The Morgan fingerprint density at radius 1 is 1.26 bits per heavy atom. The quantitative estimate of drug-likeness (QED) is 0.879. The van der Waals surface area contributed by atoms with Crippen LogP contribution in [0.4, 0.5) is 13.6 Å². The highest BCUT2D eigenvalue weighted by Gasteiger charge is 2.49. The maximum Gasteiger partial charge on any atom is 0.325 e. The number of rotatable bonds is 4. The molecule has 3 rings (SSSR count). The highest BCUT2D eigenvalue weighted by atomic mass is 19.3. The van der Waals surface area contributed by atoms with Gasteiger partial charge in [0.2, 0.25) is 0 Å². The number of carbonyl (C=O) groups excluding carboxylic acids is 2. The summed E-state index contributed by atoms with van der Waals surface area (Å²) in [6.07, 6.45) is 2.31. The van der Waals surface area contributed by atoms with Crippen LogP contribution in [0.15, 0.2) is 42.7 Å². The summed E-state index contributed by atoms with van der Waals surface area (Å²) in [6.45, 7) is -1.51. The molecule has 1 fully saturated rings. The van der Waals surface area contributed by atoms with Crippen LogP contribution in [0, 0.1) is 0 Å². The van der Waals surface area contributed by atoms with Crippen molar-refractivity contribution in [3.05, 3.63) is 54.1 Å². The Morgan fingerprint density at radius 3 is 2.61 bits per heavy atom. The SMILES string of the molecule is CC1(c2ccccc2)NC(=O)N(Cc2nccn2C(F)F)C1=O. The van der Waals surface area contributed by atoms with Crippen molar-refractivity contribution in [3.8, 4) is 0 Å². The van der Waals surface area contributed by atoms with Gasteiger partial charge < -0.3 is 5.32 Å². The molecule has 6 nitrogen and oxygen atoms in total. The van der Waals surface area contributed by atoms with E-state index < -0.39 is 24.0 Å². The Kier molecular flexibility index (Phi) is 3.59. The normalized spacial score (nSPS) is 21.1. The lowest BCUT2D eigenvalue weighted by Crippen LogP contribution is -2.40. The number of alkyl halides is 2. The van der Waals surface area contributed by atoms with Crippen molar-refractivity contribution >= 4 is 11.9 Å². The number of benzene rings is 1. The molecule has 0 saturated carbocycles. The van der Waals surface area contributed by atoms with Crippen molar-refractivity contribution < 1.29 is 18.4 Å². The summed E-state index contributed by atoms with van der Waals surface area (Å²) in [5.41, 5.74) is -0.598. The van der Waals surface area contributed by atoms with Crippen molar-refractivity contribution in [2.75, 3.05) is 0 Å². The first-order chi connectivity index (χ1) is 10.9. The number of hydrogen-bond acceptors (Lipinski definition) is 3. The van der Waals surface area contributed by atoms with Gasteiger partial charge in [-0.15, -0.1) is 0 Å². The van der Waals surface area contributed by atoms with E-state index in [0.29, 0.717) is 10.1 Å². The van der Waals surface area contributed by atoms with Crippen LogP contribution in [0.3, 0.4) is 0 Å². The summed E-state index contributed by atoms with van der Waals surface area (Å²) in [7, 11) is 0. The Morgan fingerprint density at radius 2 is 1.96 bits per heavy atom. The fraction of sp³-hybridized carbons (Fsp3) is 0.267. The predicted octanol–water partition coefficient (Wildman–Crippen LogP) is 2.25. The molecule has 1 aliphatic rings. The fourth-order valence-corrected chi connectivity index (χ4v) is 2.59. The van der Waals surface area contributed by atoms with Crippen LogP contribution in [-0.2, 0) is 16.9 Å². The predicted molar refractivity (Wildman–Crippen MR) is 76.4 cm³/mol. The van der Waals surface area contributed by atoms with Crippen LogP contribution in [-0.4, -0.2) is 26.4 Å². The van der Waals surface area contributed by atoms with Crippen LogP contribution in [0.2, 0.25) is 0 Å². The van der Waals surface area contributed by atoms with Crippen molar-refractivity contribution in [1.82, 2.24) is 19.8 Å². The highest BCUT2D eigenvalue weighted by Crippen LogP contribution is 2.29. The number of amides is 3. The average molecular weight is 320 g/mol. The number of halogens is 2. The van der Waals surface area contributed by atoms with Gasteiger partial charge in [0.15, 0.2) is 0 Å². The number of imide groups is 1. The molecular weight excluding hydrogens is 306 g/mol. The number of imidazole rings is 1. The van der Waals surface area contributed by atoms with Gasteiger partial charge in [-0.05, 0) is 12.5 Å². The Labute approximate surface area is 130 Å². The Bertz CT molecular complexity index is 747. The first-order valence-corrected chi connectivity index (χ1v) is 6.93. The number of nitrogens with one attached hydrogen (secondary N) is 1. The van der Waals surface area contributed by atoms with E-state index in [1.54, 1.807) is 37.3 Å². The molecule has 1 atom stereocenters. The van der Waals surface area contributed by atoms with E-state index in [1.807, 2.05) is 0 Å². The monoisotopic (exact) mass is 320 g/mol. The van der Waals surface area contributed by atoms with E-state index >= 15 is 0 Å². The third-order valence-corrected chi connectivity index (χ3v) is 3.88. The zero-order valence-electron chi connectivity index (χ0n) is 12.2. The molecular formula is C15H14F2N4O2. The van der Waals surface area contributed by atoms with Gasteiger partial charge in [-0.3, -0.25) is 14.3 Å². The first kappa shape index (κ1) is 15.1. The summed E-state index contributed by atoms with van der Waals surface area (Å²) in [5.74, 6) is -0.557. The summed E-state index contributed by atoms with van der Waals surface area (Å²) in [5, 5.41) is 2.62. The maximum absolute atomic E-state index is 12.9. The van der Waals surface area contributed by atoms with E-state index in [1.165, 1.54) is 6.20 Å². The van der Waals surface area contributed by atoms with E-state index in [0.717, 1.165) is 11.1 Å². The molecule has 23 heavy (non-hydrogen) atoms. The second-order valence-corrected chi connectivity index (χ2v) is 5.34. The number of carbonyl (C=O) groups is 2. The summed E-state index contributed by atoms with van der Waals surface area (Å²) >= 11 is 0. The van der Waals surface area contributed by atoms with E-state index in [-0.39, 0.29) is 12.4 Å². The molecule has 120 valence electrons. The molecule has 0 aliphatic carbocycles. The number of nitrogens with zero attached hydrogens (tertiary/aromatic N) is 3. The largest absolute Gasteiger partial charge is 0.325 e. The fourth-order valence-electron chi connectivity index (χ4n) is 2.59. The van der Waals surface area contributed by atoms with Gasteiger partial charge in [-0.1, -0.05) is 30.3 Å². The standard InChI is InChI=1S/C15H14F2N4O2/c1-15(10-5-3-2-4-6-10)12(22)21(14(23)19-15)9-11-18-7-8-20(11)13(16)17/h2-8,13H,9H2,1H3,(H,19,23). The van der Waals surface area contributed by atoms with E-state index in [2.05, 4.69) is 10.3 Å². The zero-order chi connectivity index (χ0) is 16.6. The molecule has 3 amide bonds. The molecule has 1 aromatic carbocycles. The van der Waals surface area contributed by atoms with E-state index in [4.69, 9.17) is 0 Å². The van der Waals surface area contributed by atoms with E-state index in [9.17, 15) is 18.4 Å². The molecule has 2 aromatic rings. The first-order valence-electron chi connectivity index (χ1n) is 6.93. The van der Waals surface area contributed by atoms with Crippen molar-refractivity contribution in [1.29, 1.82) is 0 Å². The third kappa shape index (κ3) is 2.45. The number of aromatic nitrogens is 2. The lowest BCUT2D eigenvalue weighted by molar-refractivity contribution is -0.131. The lowest BCUT2D eigenvalue weighted by atomic mass is 9.92. The van der Waals surface area contributed by atoms with Crippen molar-refractivity contribution in [2.24, 2.45) is 0 Å². The van der Waals surface area contributed by atoms with Gasteiger partial charge in [0.25, 0.3) is 5.91 Å². The second-order valence-electron chi connectivity index (χ2n) is 5.34. The van der Waals surface area contributed by atoms with Gasteiger partial charge in [-0.25, -0.2) is 9.78 Å². The molecule has 0 radical (unpaired) electrons. The lowest BCUT2D eigenvalue weighted by Gasteiger charge is -2.22. The molecule has 1 aromatic heterocycles. The van der Waals surface area contributed by atoms with Crippen LogP contribution >= 0.6 is 0 Å². The minimum absolute atomic E-state index is 0.0548. The molecule has 0 bridgehead atoms. The van der Waals surface area contributed by atoms with Gasteiger partial charge in [0.05, 0.1) is 6.54 Å². The molecule has 1 unspecified atom stereocenters. The molecule has 1 saturated heterocycles. The van der Waals surface area contributed by atoms with Crippen LogP contribution in [0.1, 0.15) is 24.9 Å². The number of urea groups is 1. The smallest absolute Gasteiger partial charge is 0.319 e. The maximum atomic E-state index is 12.9.